The van der Waals surface area contributed by atoms with Gasteiger partial charge in [-0.1, -0.05) is 23.8 Å². The van der Waals surface area contributed by atoms with Gasteiger partial charge in [-0.2, -0.15) is 0 Å². The quantitative estimate of drug-likeness (QED) is 0.828. The topological polar surface area (TPSA) is 41.9 Å². The molecule has 0 aromatic heterocycles. The molecule has 0 saturated carbocycles. The number of aliphatic imine (C=N–C) groups is 1. The molecule has 0 spiro atoms. The Morgan fingerprint density at radius 1 is 1.04 bits per heavy atom. The number of piperidine rings is 1. The van der Waals surface area contributed by atoms with Crippen molar-refractivity contribution in [3.8, 4) is 0 Å². The van der Waals surface area contributed by atoms with Gasteiger partial charge in [0, 0.05) is 24.2 Å². The van der Waals surface area contributed by atoms with Crippen molar-refractivity contribution in [2.45, 2.75) is 12.8 Å². The first-order valence-electron chi connectivity index (χ1n) is 9.21. The standard InChI is InChI=1S/C22H21FN2O2/c23-20-7-5-19(6-8-20)22(26)25-12-9-17(10-13-25)15-16-1-3-18(4-2-16)21-24-11-14-27-21/h1-8,15H,9-14H2. The molecule has 4 rings (SSSR count). The van der Waals surface area contributed by atoms with Gasteiger partial charge in [0.05, 0.1) is 6.54 Å². The van der Waals surface area contributed by atoms with E-state index in [9.17, 15) is 9.18 Å². The summed E-state index contributed by atoms with van der Waals surface area (Å²) in [4.78, 5) is 18.7. The molecule has 27 heavy (non-hydrogen) atoms. The fraction of sp³-hybridized carbons (Fsp3) is 0.273. The zero-order valence-electron chi connectivity index (χ0n) is 15.0. The normalized spacial score (nSPS) is 16.7. The summed E-state index contributed by atoms with van der Waals surface area (Å²) >= 11 is 0. The van der Waals surface area contributed by atoms with Crippen LogP contribution in [0.2, 0.25) is 0 Å². The molecule has 0 N–H and O–H groups in total. The van der Waals surface area contributed by atoms with Crippen molar-refractivity contribution in [1.29, 1.82) is 0 Å². The number of amides is 1. The smallest absolute Gasteiger partial charge is 0.253 e. The van der Waals surface area contributed by atoms with Crippen LogP contribution in [-0.4, -0.2) is 42.9 Å². The van der Waals surface area contributed by atoms with E-state index in [1.807, 2.05) is 17.0 Å². The number of halogens is 1. The van der Waals surface area contributed by atoms with E-state index in [1.54, 1.807) is 12.1 Å². The average molecular weight is 364 g/mol. The molecule has 0 bridgehead atoms. The van der Waals surface area contributed by atoms with Crippen molar-refractivity contribution < 1.29 is 13.9 Å². The Balaban J connectivity index is 1.37. The predicted octanol–water partition coefficient (Wildman–Crippen LogP) is 3.92. The van der Waals surface area contributed by atoms with Crippen LogP contribution in [0.4, 0.5) is 4.39 Å². The zero-order valence-corrected chi connectivity index (χ0v) is 15.0. The number of likely N-dealkylation sites (tertiary alicyclic amines) is 1. The highest BCUT2D eigenvalue weighted by Crippen LogP contribution is 2.21. The highest BCUT2D eigenvalue weighted by Gasteiger charge is 2.20. The van der Waals surface area contributed by atoms with Crippen LogP contribution >= 0.6 is 0 Å². The Labute approximate surface area is 158 Å². The van der Waals surface area contributed by atoms with Crippen molar-refractivity contribution in [3.63, 3.8) is 0 Å². The molecule has 5 heteroatoms. The summed E-state index contributed by atoms with van der Waals surface area (Å²) in [6.07, 6.45) is 3.90. The van der Waals surface area contributed by atoms with E-state index in [0.717, 1.165) is 36.4 Å². The Bertz CT molecular complexity index is 876. The molecule has 0 atom stereocenters. The lowest BCUT2D eigenvalue weighted by Gasteiger charge is -2.28. The lowest BCUT2D eigenvalue weighted by Crippen LogP contribution is -2.36. The fourth-order valence-electron chi connectivity index (χ4n) is 3.38. The highest BCUT2D eigenvalue weighted by atomic mass is 19.1. The molecule has 0 radical (unpaired) electrons. The minimum absolute atomic E-state index is 0.0317. The van der Waals surface area contributed by atoms with E-state index in [2.05, 4.69) is 23.2 Å². The molecule has 2 aromatic rings. The Hall–Kier alpha value is -2.95. The Morgan fingerprint density at radius 2 is 1.74 bits per heavy atom. The van der Waals surface area contributed by atoms with E-state index in [1.165, 1.54) is 17.7 Å². The molecule has 2 aromatic carbocycles. The van der Waals surface area contributed by atoms with Crippen molar-refractivity contribution in [2.75, 3.05) is 26.2 Å². The number of rotatable bonds is 3. The zero-order chi connectivity index (χ0) is 18.6. The van der Waals surface area contributed by atoms with Gasteiger partial charge in [-0.15, -0.1) is 0 Å². The van der Waals surface area contributed by atoms with Gasteiger partial charge in [-0.25, -0.2) is 9.38 Å². The molecule has 2 heterocycles. The minimum atomic E-state index is -0.326. The monoisotopic (exact) mass is 364 g/mol. The van der Waals surface area contributed by atoms with Crippen molar-refractivity contribution in [2.24, 2.45) is 4.99 Å². The van der Waals surface area contributed by atoms with E-state index >= 15 is 0 Å². The minimum Gasteiger partial charge on any atom is -0.476 e. The van der Waals surface area contributed by atoms with Crippen molar-refractivity contribution in [1.82, 2.24) is 4.90 Å². The molecule has 1 fully saturated rings. The van der Waals surface area contributed by atoms with Gasteiger partial charge in [0.1, 0.15) is 12.4 Å². The summed E-state index contributed by atoms with van der Waals surface area (Å²) < 4.78 is 18.5. The van der Waals surface area contributed by atoms with E-state index in [0.29, 0.717) is 25.3 Å². The van der Waals surface area contributed by atoms with Crippen LogP contribution in [0.15, 0.2) is 59.1 Å². The number of ether oxygens (including phenoxy) is 1. The van der Waals surface area contributed by atoms with E-state index in [4.69, 9.17) is 4.74 Å². The first-order chi connectivity index (χ1) is 13.2. The second kappa shape index (κ2) is 7.74. The van der Waals surface area contributed by atoms with Gasteiger partial charge in [-0.3, -0.25) is 4.79 Å². The second-order valence-corrected chi connectivity index (χ2v) is 6.76. The van der Waals surface area contributed by atoms with E-state index in [-0.39, 0.29) is 11.7 Å². The number of carbonyl (C=O) groups is 1. The maximum absolute atomic E-state index is 13.0. The molecule has 1 amide bonds. The number of hydrogen-bond donors (Lipinski definition) is 0. The molecular formula is C22H21FN2O2. The third-order valence-corrected chi connectivity index (χ3v) is 4.90. The fourth-order valence-corrected chi connectivity index (χ4v) is 3.38. The number of benzene rings is 2. The molecular weight excluding hydrogens is 343 g/mol. The summed E-state index contributed by atoms with van der Waals surface area (Å²) in [6.45, 7) is 2.76. The molecule has 0 aliphatic carbocycles. The molecule has 1 saturated heterocycles. The van der Waals surface area contributed by atoms with Gasteiger partial charge in [0.25, 0.3) is 5.91 Å². The van der Waals surface area contributed by atoms with Crippen LogP contribution < -0.4 is 0 Å². The maximum atomic E-state index is 13.0. The molecule has 138 valence electrons. The van der Waals surface area contributed by atoms with Crippen molar-refractivity contribution in [3.05, 3.63) is 76.6 Å². The lowest BCUT2D eigenvalue weighted by atomic mass is 9.99. The first-order valence-corrected chi connectivity index (χ1v) is 9.21. The number of nitrogens with zero attached hydrogens (tertiary/aromatic N) is 2. The summed E-state index contributed by atoms with van der Waals surface area (Å²) in [7, 11) is 0. The van der Waals surface area contributed by atoms with Gasteiger partial charge >= 0.3 is 0 Å². The van der Waals surface area contributed by atoms with Crippen molar-refractivity contribution >= 4 is 17.9 Å². The molecule has 0 unspecified atom stereocenters. The Kier molecular flexibility index (Phi) is 5.01. The van der Waals surface area contributed by atoms with Crippen LogP contribution in [0.25, 0.3) is 6.08 Å². The van der Waals surface area contributed by atoms with Crippen LogP contribution in [-0.2, 0) is 4.74 Å². The van der Waals surface area contributed by atoms with Crippen LogP contribution in [0.3, 0.4) is 0 Å². The number of hydrogen-bond acceptors (Lipinski definition) is 3. The SMILES string of the molecule is O=C(c1ccc(F)cc1)N1CCC(=Cc2ccc(C3=NCCO3)cc2)CC1. The summed E-state index contributed by atoms with van der Waals surface area (Å²) in [6, 6.07) is 14.0. The van der Waals surface area contributed by atoms with Crippen LogP contribution in [0, 0.1) is 5.82 Å². The second-order valence-electron chi connectivity index (χ2n) is 6.76. The largest absolute Gasteiger partial charge is 0.476 e. The first kappa shape index (κ1) is 17.5. The maximum Gasteiger partial charge on any atom is 0.253 e. The summed E-state index contributed by atoms with van der Waals surface area (Å²) in [5.74, 6) is 0.366. The molecule has 2 aliphatic rings. The average Bonchev–Trinajstić information content (AvgIpc) is 3.24. The Morgan fingerprint density at radius 3 is 2.37 bits per heavy atom. The van der Waals surface area contributed by atoms with Gasteiger partial charge in [-0.05, 0) is 54.8 Å². The predicted molar refractivity (Wildman–Crippen MR) is 103 cm³/mol. The van der Waals surface area contributed by atoms with Gasteiger partial charge in [0.15, 0.2) is 0 Å². The third kappa shape index (κ3) is 4.08. The lowest BCUT2D eigenvalue weighted by molar-refractivity contribution is 0.0744. The molecule has 4 nitrogen and oxygen atoms in total. The number of carbonyl (C=O) groups excluding carboxylic acids is 1. The highest BCUT2D eigenvalue weighted by molar-refractivity contribution is 5.95. The summed E-state index contributed by atoms with van der Waals surface area (Å²) in [5.41, 5.74) is 4.02. The van der Waals surface area contributed by atoms with Gasteiger partial charge < -0.3 is 9.64 Å². The summed E-state index contributed by atoms with van der Waals surface area (Å²) in [5, 5.41) is 0. The van der Waals surface area contributed by atoms with E-state index < -0.39 is 0 Å². The van der Waals surface area contributed by atoms with Gasteiger partial charge in [0.2, 0.25) is 5.90 Å². The third-order valence-electron chi connectivity index (χ3n) is 4.90. The molecule has 2 aliphatic heterocycles. The van der Waals surface area contributed by atoms with Crippen LogP contribution in [0.5, 0.6) is 0 Å². The van der Waals surface area contributed by atoms with Crippen LogP contribution in [0.1, 0.15) is 34.3 Å².